The lowest BCUT2D eigenvalue weighted by molar-refractivity contribution is -0.144. The van der Waals surface area contributed by atoms with Crippen molar-refractivity contribution in [2.75, 3.05) is 0 Å². The number of fused-ring (bicyclic) bond motifs is 1. The van der Waals surface area contributed by atoms with E-state index in [2.05, 4.69) is 20.4 Å². The third kappa shape index (κ3) is 4.72. The first-order valence-electron chi connectivity index (χ1n) is 10.4. The molecule has 1 unspecified atom stereocenters. The van der Waals surface area contributed by atoms with Gasteiger partial charge in [0.2, 0.25) is 5.91 Å². The Kier molecular flexibility index (Phi) is 5.88. The Morgan fingerprint density at radius 3 is 2.27 bits per heavy atom. The lowest BCUT2D eigenvalue weighted by Gasteiger charge is -2.16. The summed E-state index contributed by atoms with van der Waals surface area (Å²) in [5, 5.41) is 6.46. The highest BCUT2D eigenvalue weighted by molar-refractivity contribution is 5.79. The molecule has 0 spiro atoms. The normalized spacial score (nSPS) is 12.7. The van der Waals surface area contributed by atoms with Crippen molar-refractivity contribution in [3.63, 3.8) is 0 Å². The second-order valence-corrected chi connectivity index (χ2v) is 7.86. The van der Waals surface area contributed by atoms with E-state index in [-0.39, 0.29) is 24.1 Å². The molecular weight excluding hydrogens is 431 g/mol. The Morgan fingerprint density at radius 2 is 1.64 bits per heavy atom. The smallest absolute Gasteiger partial charge is 0.349 e. The molecule has 2 heterocycles. The molecule has 0 bridgehead atoms. The molecule has 6 nitrogen and oxygen atoms in total. The second-order valence-electron chi connectivity index (χ2n) is 7.86. The number of benzene rings is 2. The van der Waals surface area contributed by atoms with Crippen LogP contribution in [0.25, 0.3) is 16.9 Å². The van der Waals surface area contributed by atoms with Crippen LogP contribution in [0.5, 0.6) is 0 Å². The Morgan fingerprint density at radius 1 is 1.00 bits per heavy atom. The summed E-state index contributed by atoms with van der Waals surface area (Å²) in [5.41, 5.74) is 4.49. The van der Waals surface area contributed by atoms with E-state index < -0.39 is 12.0 Å². The average molecular weight is 453 g/mol. The van der Waals surface area contributed by atoms with Crippen molar-refractivity contribution in [2.45, 2.75) is 39.4 Å². The fourth-order valence-corrected chi connectivity index (χ4v) is 3.72. The lowest BCUT2D eigenvalue weighted by atomic mass is 10.0. The van der Waals surface area contributed by atoms with Gasteiger partial charge in [-0.05, 0) is 37.5 Å². The van der Waals surface area contributed by atoms with Gasteiger partial charge in [0.1, 0.15) is 0 Å². The number of nitrogens with zero attached hydrogens (tertiary/aromatic N) is 4. The number of carbonyl (C=O) groups is 1. The van der Waals surface area contributed by atoms with E-state index in [0.717, 1.165) is 21.2 Å². The molecule has 1 atom stereocenters. The summed E-state index contributed by atoms with van der Waals surface area (Å²) < 4.78 is 39.9. The van der Waals surface area contributed by atoms with Gasteiger partial charge < -0.3 is 5.32 Å². The molecule has 0 fully saturated rings. The van der Waals surface area contributed by atoms with Crippen LogP contribution in [0, 0.1) is 13.8 Å². The van der Waals surface area contributed by atoms with Crippen LogP contribution in [0.1, 0.15) is 41.3 Å². The summed E-state index contributed by atoms with van der Waals surface area (Å²) in [6, 6.07) is 17.7. The van der Waals surface area contributed by atoms with Crippen LogP contribution in [-0.2, 0) is 17.4 Å². The van der Waals surface area contributed by atoms with Crippen LogP contribution in [0.4, 0.5) is 13.2 Å². The van der Waals surface area contributed by atoms with E-state index in [9.17, 15) is 18.0 Å². The highest BCUT2D eigenvalue weighted by atomic mass is 19.4. The molecular formula is C24H22F3N5O. The molecule has 0 saturated heterocycles. The highest BCUT2D eigenvalue weighted by Gasteiger charge is 2.37. The zero-order chi connectivity index (χ0) is 23.8. The summed E-state index contributed by atoms with van der Waals surface area (Å²) in [6.45, 7) is 5.12. The number of hydrogen-bond donors (Lipinski definition) is 1. The number of alkyl halides is 3. The van der Waals surface area contributed by atoms with Gasteiger partial charge in [0, 0.05) is 17.0 Å². The van der Waals surface area contributed by atoms with Gasteiger partial charge in [0.25, 0.3) is 11.6 Å². The first-order valence-corrected chi connectivity index (χ1v) is 10.4. The monoisotopic (exact) mass is 453 g/mol. The number of amides is 1. The summed E-state index contributed by atoms with van der Waals surface area (Å²) >= 11 is 0. The molecule has 33 heavy (non-hydrogen) atoms. The average Bonchev–Trinajstić information content (AvgIpc) is 3.22. The van der Waals surface area contributed by atoms with Crippen LogP contribution in [0.2, 0.25) is 0 Å². The van der Waals surface area contributed by atoms with Crippen LogP contribution < -0.4 is 5.32 Å². The quantitative estimate of drug-likeness (QED) is 0.469. The number of nitrogens with one attached hydrogen (secondary N) is 1. The maximum Gasteiger partial charge on any atom is 0.453 e. The van der Waals surface area contributed by atoms with Crippen molar-refractivity contribution >= 4 is 11.7 Å². The predicted molar refractivity (Wildman–Crippen MR) is 117 cm³/mol. The number of rotatable bonds is 5. The molecule has 0 aliphatic heterocycles. The molecule has 0 saturated carbocycles. The second kappa shape index (κ2) is 8.65. The highest BCUT2D eigenvalue weighted by Crippen LogP contribution is 2.27. The van der Waals surface area contributed by atoms with Gasteiger partial charge >= 0.3 is 6.18 Å². The van der Waals surface area contributed by atoms with Crippen molar-refractivity contribution in [3.05, 3.63) is 82.9 Å². The summed E-state index contributed by atoms with van der Waals surface area (Å²) in [4.78, 5) is 20.3. The van der Waals surface area contributed by atoms with Gasteiger partial charge in [-0.1, -0.05) is 54.6 Å². The van der Waals surface area contributed by atoms with Gasteiger partial charge in [-0.2, -0.15) is 18.2 Å². The lowest BCUT2D eigenvalue weighted by Crippen LogP contribution is -2.29. The molecule has 2 aromatic carbocycles. The fraction of sp³-hybridized carbons (Fsp3) is 0.250. The van der Waals surface area contributed by atoms with Crippen LogP contribution >= 0.6 is 0 Å². The molecule has 1 amide bonds. The molecule has 0 aliphatic carbocycles. The van der Waals surface area contributed by atoms with Gasteiger partial charge in [-0.15, -0.1) is 5.10 Å². The molecule has 4 aromatic rings. The Balaban J connectivity index is 1.49. The standard InChI is InChI=1S/C24H22F3N5O/c1-14(17-9-11-19(12-10-17)18-7-5-4-6-8-18)28-21(33)13-20-15(2)29-23-30-22(24(25,26)27)31-32(23)16(20)3/h4-12,14H,13H2,1-3H3,(H,28,33). The van der Waals surface area contributed by atoms with E-state index >= 15 is 0 Å². The van der Waals surface area contributed by atoms with Crippen molar-refractivity contribution in [1.29, 1.82) is 0 Å². The molecule has 4 rings (SSSR count). The van der Waals surface area contributed by atoms with Crippen LogP contribution in [0.3, 0.4) is 0 Å². The van der Waals surface area contributed by atoms with Crippen molar-refractivity contribution in [1.82, 2.24) is 24.9 Å². The summed E-state index contributed by atoms with van der Waals surface area (Å²) in [5.74, 6) is -1.67. The number of aryl methyl sites for hydroxylation is 2. The number of hydrogen-bond acceptors (Lipinski definition) is 4. The van der Waals surface area contributed by atoms with E-state index in [1.807, 2.05) is 61.5 Å². The van der Waals surface area contributed by atoms with Crippen molar-refractivity contribution in [2.24, 2.45) is 0 Å². The van der Waals surface area contributed by atoms with Gasteiger partial charge in [-0.25, -0.2) is 9.50 Å². The van der Waals surface area contributed by atoms with E-state index in [1.165, 1.54) is 0 Å². The number of halogens is 3. The Bertz CT molecular complexity index is 1300. The molecule has 9 heteroatoms. The number of carbonyl (C=O) groups excluding carboxylic acids is 1. The topological polar surface area (TPSA) is 72.2 Å². The molecule has 0 radical (unpaired) electrons. The molecule has 170 valence electrons. The maximum atomic E-state index is 13.0. The maximum absolute atomic E-state index is 13.0. The first-order chi connectivity index (χ1) is 15.6. The third-order valence-electron chi connectivity index (χ3n) is 5.54. The summed E-state index contributed by atoms with van der Waals surface area (Å²) in [6.07, 6.45) is -4.70. The van der Waals surface area contributed by atoms with Crippen molar-refractivity contribution < 1.29 is 18.0 Å². The Labute approximate surface area is 188 Å². The Hall–Kier alpha value is -3.75. The minimum atomic E-state index is -4.67. The van der Waals surface area contributed by atoms with Crippen LogP contribution in [-0.4, -0.2) is 25.5 Å². The SMILES string of the molecule is Cc1nc2nc(C(F)(F)F)nn2c(C)c1CC(=O)NC(C)c1ccc(-c2ccccc2)cc1. The van der Waals surface area contributed by atoms with E-state index in [1.54, 1.807) is 13.8 Å². The first kappa shape index (κ1) is 22.4. The van der Waals surface area contributed by atoms with E-state index in [0.29, 0.717) is 17.0 Å². The van der Waals surface area contributed by atoms with Crippen LogP contribution in [0.15, 0.2) is 54.6 Å². The van der Waals surface area contributed by atoms with Gasteiger partial charge in [0.15, 0.2) is 0 Å². The zero-order valence-corrected chi connectivity index (χ0v) is 18.3. The largest absolute Gasteiger partial charge is 0.453 e. The minimum absolute atomic E-state index is 0.0335. The summed E-state index contributed by atoms with van der Waals surface area (Å²) in [7, 11) is 0. The molecule has 2 aromatic heterocycles. The van der Waals surface area contributed by atoms with E-state index in [4.69, 9.17) is 0 Å². The van der Waals surface area contributed by atoms with Gasteiger partial charge in [0.05, 0.1) is 12.5 Å². The fourth-order valence-electron chi connectivity index (χ4n) is 3.72. The molecule has 1 N–H and O–H groups in total. The van der Waals surface area contributed by atoms with Gasteiger partial charge in [-0.3, -0.25) is 4.79 Å². The minimum Gasteiger partial charge on any atom is -0.349 e. The number of aromatic nitrogens is 4. The van der Waals surface area contributed by atoms with Crippen molar-refractivity contribution in [3.8, 4) is 11.1 Å². The predicted octanol–water partition coefficient (Wildman–Crippen LogP) is 4.85. The molecule has 0 aliphatic rings. The third-order valence-corrected chi connectivity index (χ3v) is 5.54. The zero-order valence-electron chi connectivity index (χ0n) is 18.3.